The second-order valence-electron chi connectivity index (χ2n) is 5.89. The molecule has 0 bridgehead atoms. The summed E-state index contributed by atoms with van der Waals surface area (Å²) in [6, 6.07) is 9.83. The van der Waals surface area contributed by atoms with Gasteiger partial charge in [0.1, 0.15) is 5.78 Å². The first-order valence-corrected chi connectivity index (χ1v) is 7.39. The van der Waals surface area contributed by atoms with E-state index in [1.807, 2.05) is 51.1 Å². The number of hydrogen-bond donors (Lipinski definition) is 1. The minimum Gasteiger partial charge on any atom is -0.350 e. The highest BCUT2D eigenvalue weighted by atomic mass is 16.1. The van der Waals surface area contributed by atoms with Crippen LogP contribution in [0.2, 0.25) is 0 Å². The van der Waals surface area contributed by atoms with Crippen LogP contribution in [0.5, 0.6) is 0 Å². The molecule has 1 aromatic rings. The molecule has 0 unspecified atom stereocenters. The summed E-state index contributed by atoms with van der Waals surface area (Å²) in [6.45, 7) is 9.48. The molecular formula is C18H25NO2. The summed E-state index contributed by atoms with van der Waals surface area (Å²) < 4.78 is 0. The molecule has 0 aliphatic heterocycles. The average Bonchev–Trinajstić information content (AvgIpc) is 2.37. The summed E-state index contributed by atoms with van der Waals surface area (Å²) in [5.74, 6) is 0.195. The van der Waals surface area contributed by atoms with Gasteiger partial charge in [-0.05, 0) is 25.3 Å². The first-order valence-electron chi connectivity index (χ1n) is 7.39. The van der Waals surface area contributed by atoms with Gasteiger partial charge in [-0.1, -0.05) is 49.4 Å². The number of amides is 1. The van der Waals surface area contributed by atoms with E-state index in [0.717, 1.165) is 11.1 Å². The van der Waals surface area contributed by atoms with E-state index in [1.165, 1.54) is 0 Å². The largest absolute Gasteiger partial charge is 0.350 e. The second kappa shape index (κ2) is 8.40. The van der Waals surface area contributed by atoms with Gasteiger partial charge in [0.2, 0.25) is 5.91 Å². The van der Waals surface area contributed by atoms with Crippen molar-refractivity contribution in [2.24, 2.45) is 5.92 Å². The van der Waals surface area contributed by atoms with Crippen LogP contribution < -0.4 is 5.32 Å². The van der Waals surface area contributed by atoms with Crippen molar-refractivity contribution in [2.45, 2.75) is 46.1 Å². The number of carbonyl (C=O) groups is 2. The summed E-state index contributed by atoms with van der Waals surface area (Å²) in [5.41, 5.74) is 1.95. The molecule has 1 aromatic carbocycles. The number of rotatable bonds is 8. The molecule has 0 fully saturated rings. The number of allylic oxidation sites excluding steroid dienone is 1. The summed E-state index contributed by atoms with van der Waals surface area (Å²) in [5, 5.41) is 2.97. The zero-order valence-electron chi connectivity index (χ0n) is 13.2. The summed E-state index contributed by atoms with van der Waals surface area (Å²) in [4.78, 5) is 23.7. The Morgan fingerprint density at radius 2 is 1.76 bits per heavy atom. The van der Waals surface area contributed by atoms with Gasteiger partial charge in [0.05, 0.1) is 6.04 Å². The topological polar surface area (TPSA) is 46.2 Å². The second-order valence-corrected chi connectivity index (χ2v) is 5.89. The molecule has 1 N–H and O–H groups in total. The molecule has 0 spiro atoms. The third-order valence-electron chi connectivity index (χ3n) is 3.29. The number of Topliss-reactive ketones (excluding diaryl/α,β-unsaturated/α-hetero) is 1. The Morgan fingerprint density at radius 3 is 2.33 bits per heavy atom. The van der Waals surface area contributed by atoms with Crippen LogP contribution in [0.1, 0.15) is 51.6 Å². The van der Waals surface area contributed by atoms with Crippen molar-refractivity contribution in [1.82, 2.24) is 5.32 Å². The third-order valence-corrected chi connectivity index (χ3v) is 3.29. The fourth-order valence-corrected chi connectivity index (χ4v) is 2.31. The van der Waals surface area contributed by atoms with Gasteiger partial charge in [0.15, 0.2) is 0 Å². The normalized spacial score (nSPS) is 13.3. The van der Waals surface area contributed by atoms with Crippen LogP contribution in [-0.4, -0.2) is 11.7 Å². The summed E-state index contributed by atoms with van der Waals surface area (Å²) >= 11 is 0. The Balaban J connectivity index is 2.39. The summed E-state index contributed by atoms with van der Waals surface area (Å²) in [7, 11) is 0. The fourth-order valence-electron chi connectivity index (χ4n) is 2.31. The van der Waals surface area contributed by atoms with E-state index in [0.29, 0.717) is 19.3 Å². The summed E-state index contributed by atoms with van der Waals surface area (Å²) in [6.07, 6.45) is 1.21. The lowest BCUT2D eigenvalue weighted by molar-refractivity contribution is -0.123. The Kier molecular flexibility index (Phi) is 6.86. The van der Waals surface area contributed by atoms with Gasteiger partial charge in [-0.15, -0.1) is 0 Å². The molecule has 114 valence electrons. The molecule has 0 radical (unpaired) electrons. The Labute approximate surface area is 127 Å². The molecule has 3 heteroatoms. The molecule has 0 aliphatic rings. The Morgan fingerprint density at radius 1 is 1.14 bits per heavy atom. The number of ketones is 1. The molecule has 0 heterocycles. The van der Waals surface area contributed by atoms with Gasteiger partial charge in [0.25, 0.3) is 0 Å². The van der Waals surface area contributed by atoms with Crippen molar-refractivity contribution in [1.29, 1.82) is 0 Å². The monoisotopic (exact) mass is 287 g/mol. The number of hydrogen-bond acceptors (Lipinski definition) is 2. The van der Waals surface area contributed by atoms with Gasteiger partial charge in [-0.2, -0.15) is 0 Å². The highest BCUT2D eigenvalue weighted by molar-refractivity contribution is 5.82. The van der Waals surface area contributed by atoms with E-state index in [4.69, 9.17) is 0 Å². The van der Waals surface area contributed by atoms with E-state index in [2.05, 4.69) is 11.9 Å². The highest BCUT2D eigenvalue weighted by Gasteiger charge is 2.15. The first kappa shape index (κ1) is 17.2. The van der Waals surface area contributed by atoms with Crippen molar-refractivity contribution < 1.29 is 9.59 Å². The van der Waals surface area contributed by atoms with Gasteiger partial charge >= 0.3 is 0 Å². The highest BCUT2D eigenvalue weighted by Crippen LogP contribution is 2.14. The maximum atomic E-state index is 12.0. The molecule has 0 aliphatic carbocycles. The van der Waals surface area contributed by atoms with Crippen LogP contribution in [0.4, 0.5) is 0 Å². The van der Waals surface area contributed by atoms with Crippen molar-refractivity contribution in [2.75, 3.05) is 0 Å². The van der Waals surface area contributed by atoms with Crippen LogP contribution in [-0.2, 0) is 9.59 Å². The smallest absolute Gasteiger partial charge is 0.220 e. The maximum absolute atomic E-state index is 12.0. The predicted octanol–water partition coefficient (Wildman–Crippen LogP) is 3.82. The predicted molar refractivity (Wildman–Crippen MR) is 85.8 cm³/mol. The molecule has 1 amide bonds. The van der Waals surface area contributed by atoms with Crippen molar-refractivity contribution in [3.63, 3.8) is 0 Å². The van der Waals surface area contributed by atoms with Gasteiger partial charge in [-0.25, -0.2) is 0 Å². The van der Waals surface area contributed by atoms with E-state index in [9.17, 15) is 9.59 Å². The number of nitrogens with one attached hydrogen (secondary N) is 1. The number of carbonyl (C=O) groups excluding carboxylic acids is 2. The standard InChI is InChI=1S/C18H25NO2/c1-13(2)10-17(20)11-14(3)12-18(21)19-15(4)16-8-6-5-7-9-16/h5-9,14-15H,1,10-12H2,2-4H3,(H,19,21)/t14-,15+/m1/s1. The zero-order chi connectivity index (χ0) is 15.8. The van der Waals surface area contributed by atoms with Crippen molar-refractivity contribution >= 4 is 11.7 Å². The molecule has 0 aromatic heterocycles. The van der Waals surface area contributed by atoms with Gasteiger partial charge < -0.3 is 5.32 Å². The van der Waals surface area contributed by atoms with E-state index in [-0.39, 0.29) is 23.7 Å². The van der Waals surface area contributed by atoms with Gasteiger partial charge in [-0.3, -0.25) is 9.59 Å². The van der Waals surface area contributed by atoms with Crippen molar-refractivity contribution in [3.05, 3.63) is 48.0 Å². The lowest BCUT2D eigenvalue weighted by atomic mass is 9.97. The Hall–Kier alpha value is -1.90. The quantitative estimate of drug-likeness (QED) is 0.739. The molecular weight excluding hydrogens is 262 g/mol. The Bertz CT molecular complexity index is 493. The minimum atomic E-state index is -0.0166. The molecule has 21 heavy (non-hydrogen) atoms. The van der Waals surface area contributed by atoms with Crippen LogP contribution in [0.25, 0.3) is 0 Å². The van der Waals surface area contributed by atoms with Crippen LogP contribution in [0.15, 0.2) is 42.5 Å². The molecule has 0 saturated heterocycles. The fraction of sp³-hybridized carbons (Fsp3) is 0.444. The lowest BCUT2D eigenvalue weighted by Gasteiger charge is -2.16. The molecule has 2 atom stereocenters. The molecule has 0 saturated carbocycles. The van der Waals surface area contributed by atoms with Crippen LogP contribution in [0.3, 0.4) is 0 Å². The van der Waals surface area contributed by atoms with Crippen LogP contribution in [0, 0.1) is 5.92 Å². The van der Waals surface area contributed by atoms with Crippen molar-refractivity contribution in [3.8, 4) is 0 Å². The van der Waals surface area contributed by atoms with E-state index < -0.39 is 0 Å². The zero-order valence-corrected chi connectivity index (χ0v) is 13.2. The maximum Gasteiger partial charge on any atom is 0.220 e. The molecule has 3 nitrogen and oxygen atoms in total. The SMILES string of the molecule is C=C(C)CC(=O)C[C@@H](C)CC(=O)N[C@@H](C)c1ccccc1. The van der Waals surface area contributed by atoms with Gasteiger partial charge in [0, 0.05) is 19.3 Å². The first-order chi connectivity index (χ1) is 9.88. The van der Waals surface area contributed by atoms with E-state index >= 15 is 0 Å². The minimum absolute atomic E-state index is 0.0121. The third kappa shape index (κ3) is 6.89. The lowest BCUT2D eigenvalue weighted by Crippen LogP contribution is -2.28. The van der Waals surface area contributed by atoms with Crippen LogP contribution >= 0.6 is 0 Å². The number of benzene rings is 1. The van der Waals surface area contributed by atoms with E-state index in [1.54, 1.807) is 0 Å². The average molecular weight is 287 g/mol. The molecule has 1 rings (SSSR count).